The second kappa shape index (κ2) is 5.18. The van der Waals surface area contributed by atoms with Crippen LogP contribution in [0.4, 0.5) is 0 Å². The largest absolute Gasteiger partial charge is 0.449 e. The Kier molecular flexibility index (Phi) is 3.61. The molecule has 6 nitrogen and oxygen atoms in total. The fourth-order valence-electron chi connectivity index (χ4n) is 1.24. The number of amides is 1. The number of aromatic nitrogens is 3. The van der Waals surface area contributed by atoms with E-state index >= 15 is 0 Å². The molecule has 2 aromatic rings. The molecule has 0 spiro atoms. The van der Waals surface area contributed by atoms with Crippen molar-refractivity contribution in [3.05, 3.63) is 35.1 Å². The molecule has 1 atom stereocenters. The molecule has 0 fully saturated rings. The SMILES string of the molecule is CC(Oc1ncn(-c2ccc(Br)cc2)n1)C(N)=O. The number of primary amides is 1. The summed E-state index contributed by atoms with van der Waals surface area (Å²) in [5, 5.41) is 4.09. The summed E-state index contributed by atoms with van der Waals surface area (Å²) in [6, 6.07) is 7.65. The Morgan fingerprint density at radius 2 is 2.11 bits per heavy atom. The van der Waals surface area contributed by atoms with E-state index in [-0.39, 0.29) is 6.01 Å². The first-order valence-electron chi connectivity index (χ1n) is 5.20. The number of carbonyl (C=O) groups is 1. The third kappa shape index (κ3) is 2.86. The summed E-state index contributed by atoms with van der Waals surface area (Å²) in [5.74, 6) is -0.560. The number of hydrogen-bond acceptors (Lipinski definition) is 4. The average molecular weight is 311 g/mol. The van der Waals surface area contributed by atoms with E-state index in [0.29, 0.717) is 0 Å². The van der Waals surface area contributed by atoms with E-state index in [9.17, 15) is 4.79 Å². The van der Waals surface area contributed by atoms with Gasteiger partial charge in [-0.15, -0.1) is 5.10 Å². The molecule has 0 bridgehead atoms. The lowest BCUT2D eigenvalue weighted by Gasteiger charge is -2.06. The molecular formula is C11H11BrN4O2. The van der Waals surface area contributed by atoms with Gasteiger partial charge in [-0.05, 0) is 31.2 Å². The second-order valence-corrected chi connectivity index (χ2v) is 4.53. The highest BCUT2D eigenvalue weighted by Gasteiger charge is 2.13. The maximum absolute atomic E-state index is 10.8. The molecular weight excluding hydrogens is 300 g/mol. The molecule has 94 valence electrons. The molecule has 7 heteroatoms. The predicted molar refractivity (Wildman–Crippen MR) is 68.3 cm³/mol. The highest BCUT2D eigenvalue weighted by molar-refractivity contribution is 9.10. The van der Waals surface area contributed by atoms with E-state index in [0.717, 1.165) is 10.2 Å². The minimum Gasteiger partial charge on any atom is -0.449 e. The minimum atomic E-state index is -0.759. The van der Waals surface area contributed by atoms with Gasteiger partial charge in [-0.25, -0.2) is 4.68 Å². The summed E-state index contributed by atoms with van der Waals surface area (Å²) in [6.45, 7) is 1.54. The third-order valence-corrected chi connectivity index (χ3v) is 2.77. The number of hydrogen-bond donors (Lipinski definition) is 1. The van der Waals surface area contributed by atoms with E-state index in [1.165, 1.54) is 6.33 Å². The summed E-state index contributed by atoms with van der Waals surface area (Å²) < 4.78 is 7.70. The van der Waals surface area contributed by atoms with Gasteiger partial charge in [0.25, 0.3) is 5.91 Å². The molecule has 0 aliphatic carbocycles. The molecule has 1 unspecified atom stereocenters. The van der Waals surface area contributed by atoms with Crippen molar-refractivity contribution in [3.63, 3.8) is 0 Å². The van der Waals surface area contributed by atoms with Crippen LogP contribution < -0.4 is 10.5 Å². The van der Waals surface area contributed by atoms with Crippen molar-refractivity contribution in [1.82, 2.24) is 14.8 Å². The van der Waals surface area contributed by atoms with E-state index in [1.807, 2.05) is 24.3 Å². The van der Waals surface area contributed by atoms with Crippen molar-refractivity contribution in [3.8, 4) is 11.7 Å². The van der Waals surface area contributed by atoms with Crippen LogP contribution in [0.2, 0.25) is 0 Å². The first-order chi connectivity index (χ1) is 8.56. The summed E-state index contributed by atoms with van der Waals surface area (Å²) in [6.07, 6.45) is 0.748. The number of halogens is 1. The average Bonchev–Trinajstić information content (AvgIpc) is 2.78. The molecule has 0 saturated heterocycles. The Labute approximate surface area is 112 Å². The molecule has 0 radical (unpaired) electrons. The standard InChI is InChI=1S/C11H11BrN4O2/c1-7(10(13)17)18-11-14-6-16(15-11)9-4-2-8(12)3-5-9/h2-7H,1H3,(H2,13,17). The van der Waals surface area contributed by atoms with Crippen molar-refractivity contribution >= 4 is 21.8 Å². The minimum absolute atomic E-state index is 0.115. The topological polar surface area (TPSA) is 83.0 Å². The van der Waals surface area contributed by atoms with Crippen molar-refractivity contribution in [1.29, 1.82) is 0 Å². The Hall–Kier alpha value is -1.89. The van der Waals surface area contributed by atoms with Gasteiger partial charge in [0.2, 0.25) is 0 Å². The molecule has 1 amide bonds. The van der Waals surface area contributed by atoms with Crippen LogP contribution >= 0.6 is 15.9 Å². The fourth-order valence-corrected chi connectivity index (χ4v) is 1.50. The van der Waals surface area contributed by atoms with Gasteiger partial charge in [0.05, 0.1) is 5.69 Å². The van der Waals surface area contributed by atoms with Crippen LogP contribution in [0.5, 0.6) is 6.01 Å². The summed E-state index contributed by atoms with van der Waals surface area (Å²) >= 11 is 3.35. The lowest BCUT2D eigenvalue weighted by molar-refractivity contribution is -0.124. The Bertz CT molecular complexity index is 552. The first kappa shape index (κ1) is 12.6. The number of rotatable bonds is 4. The molecule has 18 heavy (non-hydrogen) atoms. The van der Waals surface area contributed by atoms with Gasteiger partial charge in [0.1, 0.15) is 6.33 Å². The van der Waals surface area contributed by atoms with Gasteiger partial charge in [-0.2, -0.15) is 4.98 Å². The number of nitrogens with zero attached hydrogens (tertiary/aromatic N) is 3. The van der Waals surface area contributed by atoms with Crippen molar-refractivity contribution < 1.29 is 9.53 Å². The van der Waals surface area contributed by atoms with Crippen molar-refractivity contribution in [2.75, 3.05) is 0 Å². The smallest absolute Gasteiger partial charge is 0.336 e. The second-order valence-electron chi connectivity index (χ2n) is 3.61. The lowest BCUT2D eigenvalue weighted by atomic mass is 10.3. The van der Waals surface area contributed by atoms with E-state index in [4.69, 9.17) is 10.5 Å². The lowest BCUT2D eigenvalue weighted by Crippen LogP contribution is -2.31. The van der Waals surface area contributed by atoms with Crippen LogP contribution in [0.25, 0.3) is 5.69 Å². The van der Waals surface area contributed by atoms with Gasteiger partial charge in [-0.1, -0.05) is 15.9 Å². The zero-order chi connectivity index (χ0) is 13.1. The highest BCUT2D eigenvalue weighted by Crippen LogP contribution is 2.14. The highest BCUT2D eigenvalue weighted by atomic mass is 79.9. The number of benzene rings is 1. The molecule has 2 N–H and O–H groups in total. The Morgan fingerprint density at radius 3 is 2.72 bits per heavy atom. The van der Waals surface area contributed by atoms with E-state index in [2.05, 4.69) is 26.0 Å². The molecule has 1 aromatic carbocycles. The maximum atomic E-state index is 10.8. The predicted octanol–water partition coefficient (Wildman–Crippen LogP) is 1.28. The molecule has 0 aliphatic rings. The van der Waals surface area contributed by atoms with Crippen molar-refractivity contribution in [2.45, 2.75) is 13.0 Å². The monoisotopic (exact) mass is 310 g/mol. The molecule has 1 aromatic heterocycles. The zero-order valence-corrected chi connectivity index (χ0v) is 11.2. The molecule has 1 heterocycles. The van der Waals surface area contributed by atoms with Crippen LogP contribution in [-0.2, 0) is 4.79 Å². The summed E-state index contributed by atoms with van der Waals surface area (Å²) in [7, 11) is 0. The zero-order valence-electron chi connectivity index (χ0n) is 9.58. The summed E-state index contributed by atoms with van der Waals surface area (Å²) in [4.78, 5) is 14.8. The molecule has 0 saturated carbocycles. The van der Waals surface area contributed by atoms with Crippen LogP contribution in [0.3, 0.4) is 0 Å². The number of nitrogens with two attached hydrogens (primary N) is 1. The third-order valence-electron chi connectivity index (χ3n) is 2.24. The quantitative estimate of drug-likeness (QED) is 0.922. The normalized spacial score (nSPS) is 12.1. The first-order valence-corrected chi connectivity index (χ1v) is 5.99. The van der Waals surface area contributed by atoms with E-state index < -0.39 is 12.0 Å². The summed E-state index contributed by atoms with van der Waals surface area (Å²) in [5.41, 5.74) is 5.93. The van der Waals surface area contributed by atoms with Gasteiger partial charge in [-0.3, -0.25) is 4.79 Å². The van der Waals surface area contributed by atoms with Crippen LogP contribution in [0.15, 0.2) is 35.1 Å². The Morgan fingerprint density at radius 1 is 1.44 bits per heavy atom. The van der Waals surface area contributed by atoms with Crippen LogP contribution in [0, 0.1) is 0 Å². The van der Waals surface area contributed by atoms with Gasteiger partial charge >= 0.3 is 6.01 Å². The molecule has 2 rings (SSSR count). The molecule has 0 aliphatic heterocycles. The fraction of sp³-hybridized carbons (Fsp3) is 0.182. The number of ether oxygens (including phenoxy) is 1. The maximum Gasteiger partial charge on any atom is 0.336 e. The van der Waals surface area contributed by atoms with E-state index in [1.54, 1.807) is 11.6 Å². The van der Waals surface area contributed by atoms with Gasteiger partial charge < -0.3 is 10.5 Å². The number of carbonyl (C=O) groups excluding carboxylic acids is 1. The Balaban J connectivity index is 2.15. The van der Waals surface area contributed by atoms with Crippen LogP contribution in [-0.4, -0.2) is 26.8 Å². The van der Waals surface area contributed by atoms with Crippen LogP contribution in [0.1, 0.15) is 6.92 Å². The van der Waals surface area contributed by atoms with Gasteiger partial charge in [0.15, 0.2) is 6.10 Å². The van der Waals surface area contributed by atoms with Crippen molar-refractivity contribution in [2.24, 2.45) is 5.73 Å². The van der Waals surface area contributed by atoms with Gasteiger partial charge in [0, 0.05) is 4.47 Å².